The fourth-order valence-corrected chi connectivity index (χ4v) is 12.0. The number of anilines is 2. The standard InChI is InChI=1S/C24H23ClN4O4S2.C23H22ClN5O4S2/c1-13(30)21-16(8-7-14-3-5-15(10-25)6-4-14)11-34-23-17(22(32)29(21)23)9-19(31)20(28-33-2)18-12-35-24(26)27-18;1-12(30)19-15(8-7-13-3-5-14(10-24)6-4-13)11-34-22-16(21(32)29(19)22)9-17(31)18(27-33-2)20-26-23(25)35-28-20/h3-8,12,17,23H,9-11H2,1-2H3,(H2,26,27);3-8,16,22H,9-11H2,1-2H3,(H2,25,26,28)/b8-7-,28-20-;8-7-,27-18+/t17-,23-;16-,22-/m11/s1. The maximum atomic E-state index is 13.1. The fourth-order valence-electron chi connectivity index (χ4n) is 7.91. The van der Waals surface area contributed by atoms with Gasteiger partial charge in [-0.05, 0) is 33.4 Å². The number of fused-ring (bicyclic) bond motifs is 2. The average molecular weight is 1060 g/mol. The third-order valence-corrected chi connectivity index (χ3v) is 15.8. The predicted octanol–water partition coefficient (Wildman–Crippen LogP) is 7.12. The van der Waals surface area contributed by atoms with Gasteiger partial charge in [-0.2, -0.15) is 9.36 Å². The van der Waals surface area contributed by atoms with Gasteiger partial charge in [0.2, 0.25) is 17.6 Å². The molecule has 0 radical (unpaired) electrons. The van der Waals surface area contributed by atoms with Crippen LogP contribution in [0.15, 0.2) is 98.9 Å². The smallest absolute Gasteiger partial charge is 0.234 e. The molecule has 0 bridgehead atoms. The Labute approximate surface area is 429 Å². The molecule has 17 nitrogen and oxygen atoms in total. The first kappa shape index (κ1) is 51.9. The Bertz CT molecular complexity index is 2700. The van der Waals surface area contributed by atoms with Crippen molar-refractivity contribution in [2.24, 2.45) is 22.1 Å². The number of β-lactam (4-membered cyclic amide) rings is 2. The number of nitrogens with zero attached hydrogens (tertiary/aromatic N) is 7. The van der Waals surface area contributed by atoms with Crippen molar-refractivity contribution in [1.82, 2.24) is 24.1 Å². The lowest BCUT2D eigenvalue weighted by molar-refractivity contribution is -0.150. The number of alkyl halides is 2. The summed E-state index contributed by atoms with van der Waals surface area (Å²) in [6.45, 7) is 2.89. The number of thiazole rings is 1. The van der Waals surface area contributed by atoms with Crippen molar-refractivity contribution in [3.63, 3.8) is 0 Å². The van der Waals surface area contributed by atoms with Gasteiger partial charge < -0.3 is 21.1 Å². The van der Waals surface area contributed by atoms with Crippen LogP contribution in [0, 0.1) is 11.8 Å². The molecular weight excluding hydrogens is 1020 g/mol. The third kappa shape index (κ3) is 11.5. The van der Waals surface area contributed by atoms with Crippen molar-refractivity contribution in [2.75, 3.05) is 37.2 Å². The molecule has 0 unspecified atom stereocenters. The van der Waals surface area contributed by atoms with Gasteiger partial charge in [-0.3, -0.25) is 38.6 Å². The van der Waals surface area contributed by atoms with E-state index >= 15 is 0 Å². The highest BCUT2D eigenvalue weighted by molar-refractivity contribution is 8.00. The highest BCUT2D eigenvalue weighted by atomic mass is 35.5. The van der Waals surface area contributed by atoms with Crippen molar-refractivity contribution in [3.8, 4) is 0 Å². The number of nitrogens with two attached hydrogens (primary N) is 2. The van der Waals surface area contributed by atoms with Gasteiger partial charge in [0.05, 0.1) is 34.0 Å². The lowest BCUT2D eigenvalue weighted by Crippen LogP contribution is -2.61. The van der Waals surface area contributed by atoms with Crippen LogP contribution in [-0.2, 0) is 50.2 Å². The summed E-state index contributed by atoms with van der Waals surface area (Å²) in [5, 5.41) is 9.06. The zero-order chi connectivity index (χ0) is 50.2. The summed E-state index contributed by atoms with van der Waals surface area (Å²) in [6, 6.07) is 15.6. The van der Waals surface area contributed by atoms with Gasteiger partial charge in [0.15, 0.2) is 44.8 Å². The number of halogens is 2. The zero-order valence-corrected chi connectivity index (χ0v) is 42.8. The van der Waals surface area contributed by atoms with E-state index in [2.05, 4.69) is 24.7 Å². The first-order valence-electron chi connectivity index (χ1n) is 21.3. The normalized spacial score (nSPS) is 20.1. The molecule has 2 aromatic carbocycles. The van der Waals surface area contributed by atoms with Gasteiger partial charge in [-0.15, -0.1) is 58.1 Å². The van der Waals surface area contributed by atoms with E-state index in [1.807, 2.05) is 72.8 Å². The molecule has 4 aliphatic rings. The summed E-state index contributed by atoms with van der Waals surface area (Å²) >= 11 is 16.9. The van der Waals surface area contributed by atoms with Crippen LogP contribution < -0.4 is 11.5 Å². The molecule has 6 heterocycles. The van der Waals surface area contributed by atoms with Crippen molar-refractivity contribution in [2.45, 2.75) is 49.2 Å². The van der Waals surface area contributed by atoms with Crippen LogP contribution >= 0.6 is 69.6 Å². The Kier molecular flexibility index (Phi) is 17.3. The minimum Gasteiger partial charge on any atom is -0.398 e. The first-order chi connectivity index (χ1) is 33.7. The van der Waals surface area contributed by atoms with E-state index in [9.17, 15) is 28.8 Å². The molecule has 4 N–H and O–H groups in total. The number of thioether (sulfide) groups is 2. The summed E-state index contributed by atoms with van der Waals surface area (Å²) < 4.78 is 4.01. The summed E-state index contributed by atoms with van der Waals surface area (Å²) in [7, 11) is 2.64. The van der Waals surface area contributed by atoms with E-state index in [1.165, 1.54) is 72.7 Å². The number of Topliss-reactive ketones (excluding diaryl/α,β-unsaturated/α-hetero) is 4. The summed E-state index contributed by atoms with van der Waals surface area (Å²) in [4.78, 5) is 97.8. The summed E-state index contributed by atoms with van der Waals surface area (Å²) in [6.07, 6.45) is 7.39. The maximum Gasteiger partial charge on any atom is 0.234 e. The molecule has 4 aromatic rings. The second-order valence-corrected chi connectivity index (χ2v) is 20.3. The van der Waals surface area contributed by atoms with Gasteiger partial charge in [-0.1, -0.05) is 83.1 Å². The first-order valence-corrected chi connectivity index (χ1v) is 26.1. The molecule has 4 atom stereocenters. The van der Waals surface area contributed by atoms with Gasteiger partial charge in [0, 0.05) is 66.9 Å². The molecule has 2 aromatic heterocycles. The number of aromatic nitrogens is 3. The Morgan fingerprint density at radius 2 is 1.16 bits per heavy atom. The highest BCUT2D eigenvalue weighted by Crippen LogP contribution is 2.47. The van der Waals surface area contributed by atoms with Gasteiger partial charge >= 0.3 is 0 Å². The number of allylic oxidation sites excluding steroid dienone is 4. The molecule has 0 aliphatic carbocycles. The van der Waals surface area contributed by atoms with E-state index in [0.29, 0.717) is 45.5 Å². The van der Waals surface area contributed by atoms with Crippen LogP contribution in [0.2, 0.25) is 0 Å². The van der Waals surface area contributed by atoms with Crippen molar-refractivity contribution in [3.05, 3.63) is 122 Å². The van der Waals surface area contributed by atoms with Crippen LogP contribution in [0.1, 0.15) is 60.5 Å². The summed E-state index contributed by atoms with van der Waals surface area (Å²) in [5.74, 6) is -0.837. The summed E-state index contributed by atoms with van der Waals surface area (Å²) in [5.41, 5.74) is 17.8. The molecule has 0 spiro atoms. The topological polar surface area (TPSA) is 243 Å². The number of hydrogen-bond donors (Lipinski definition) is 2. The fraction of sp³-hybridized carbons (Fsp3) is 0.298. The van der Waals surface area contributed by atoms with Crippen molar-refractivity contribution >= 4 is 138 Å². The number of oxime groups is 2. The van der Waals surface area contributed by atoms with Crippen LogP contribution in [0.25, 0.3) is 12.2 Å². The largest absolute Gasteiger partial charge is 0.398 e. The van der Waals surface area contributed by atoms with Crippen LogP contribution in [0.5, 0.6) is 0 Å². The molecule has 2 saturated heterocycles. The number of hydrogen-bond acceptors (Lipinski definition) is 19. The Hall–Kier alpha value is -5.97. The van der Waals surface area contributed by atoms with E-state index in [-0.39, 0.29) is 75.1 Å². The van der Waals surface area contributed by atoms with E-state index in [4.69, 9.17) is 44.3 Å². The predicted molar refractivity (Wildman–Crippen MR) is 276 cm³/mol. The van der Waals surface area contributed by atoms with Gasteiger partial charge in [-0.25, -0.2) is 4.98 Å². The monoisotopic (exact) mass is 1060 g/mol. The SMILES string of the molecule is CO/N=C(\C(=O)C[C@@H]1C(=O)N2C(C(C)=O)=C(/C=C\c3ccc(CCl)cc3)CS[C@H]12)c1csc(N)n1.CO/N=C(\C(=O)C[C@@H]1C(=O)N2C(C(C)=O)=C(/C=C\c3ccc(CCl)cc3)CS[C@H]12)c1nsc(N)n1. The van der Waals surface area contributed by atoms with E-state index < -0.39 is 17.6 Å². The van der Waals surface area contributed by atoms with Gasteiger partial charge in [0.1, 0.15) is 19.9 Å². The molecule has 8 rings (SSSR count). The number of benzene rings is 2. The molecule has 2 fully saturated rings. The molecule has 70 heavy (non-hydrogen) atoms. The van der Waals surface area contributed by atoms with Gasteiger partial charge in [0.25, 0.3) is 0 Å². The molecular formula is C47H45Cl2N9O8S4. The number of amides is 2. The second kappa shape index (κ2) is 23.3. The quantitative estimate of drug-likeness (QED) is 0.0436. The average Bonchev–Trinajstić information content (AvgIpc) is 4.00. The number of rotatable bonds is 18. The van der Waals surface area contributed by atoms with Crippen LogP contribution in [-0.4, -0.2) is 107 Å². The molecule has 2 amide bonds. The van der Waals surface area contributed by atoms with E-state index in [0.717, 1.165) is 44.9 Å². The minimum atomic E-state index is -0.589. The van der Waals surface area contributed by atoms with Crippen molar-refractivity contribution in [1.29, 1.82) is 0 Å². The highest BCUT2D eigenvalue weighted by Gasteiger charge is 2.54. The molecule has 4 aliphatic heterocycles. The molecule has 364 valence electrons. The zero-order valence-electron chi connectivity index (χ0n) is 38.0. The van der Waals surface area contributed by atoms with Crippen molar-refractivity contribution < 1.29 is 38.4 Å². The number of carbonyl (C=O) groups is 6. The van der Waals surface area contributed by atoms with E-state index in [1.54, 1.807) is 5.38 Å². The van der Waals surface area contributed by atoms with Crippen LogP contribution in [0.3, 0.4) is 0 Å². The Balaban J connectivity index is 0.000000206. The number of carbonyl (C=O) groups excluding carboxylic acids is 6. The Morgan fingerprint density at radius 3 is 1.54 bits per heavy atom. The third-order valence-electron chi connectivity index (χ3n) is 11.2. The molecule has 23 heteroatoms. The maximum absolute atomic E-state index is 13.1. The lowest BCUT2D eigenvalue weighted by Gasteiger charge is -2.49. The number of nitrogen functional groups attached to an aromatic ring is 2. The lowest BCUT2D eigenvalue weighted by atomic mass is 9.88. The Morgan fingerprint density at radius 1 is 0.700 bits per heavy atom. The number of ketones is 4. The molecule has 0 saturated carbocycles. The second-order valence-electron chi connectivity index (χ2n) is 15.8. The minimum absolute atomic E-state index is 0.0265. The van der Waals surface area contributed by atoms with Crippen LogP contribution in [0.4, 0.5) is 10.3 Å².